The van der Waals surface area contributed by atoms with Crippen LogP contribution in [0.2, 0.25) is 0 Å². The Morgan fingerprint density at radius 3 is 2.10 bits per heavy atom. The quantitative estimate of drug-likeness (QED) is 0.820. The Bertz CT molecular complexity index is 717. The average molecular weight is 333 g/mol. The maximum Gasteiger partial charge on any atom is 0.243 e. The van der Waals surface area contributed by atoms with E-state index in [9.17, 15) is 16.8 Å². The highest BCUT2D eigenvalue weighted by Crippen LogP contribution is 2.23. The molecule has 0 bridgehead atoms. The third-order valence-electron chi connectivity index (χ3n) is 3.26. The van der Waals surface area contributed by atoms with Crippen molar-refractivity contribution in [2.75, 3.05) is 19.3 Å². The maximum atomic E-state index is 12.6. The Balaban J connectivity index is 2.40. The van der Waals surface area contributed by atoms with Gasteiger partial charge in [0.15, 0.2) is 9.84 Å². The van der Waals surface area contributed by atoms with Crippen LogP contribution in [0.25, 0.3) is 0 Å². The van der Waals surface area contributed by atoms with Gasteiger partial charge < -0.3 is 4.74 Å². The van der Waals surface area contributed by atoms with E-state index in [4.69, 9.17) is 4.74 Å². The van der Waals surface area contributed by atoms with Gasteiger partial charge in [0.1, 0.15) is 0 Å². The predicted molar refractivity (Wildman–Crippen MR) is 78.3 cm³/mol. The molecule has 2 rings (SSSR count). The molecule has 1 heterocycles. The standard InChI is InChI=1S/C13H19NO5S2/c1-10-8-14(9-11(2)19-10)21(17,18)13-6-4-5-12(7-13)20(3,15)16/h4-7,10-11H,8-9H2,1-3H3/t10-,11-/m1/s1. The molecule has 0 aliphatic carbocycles. The number of hydrogen-bond acceptors (Lipinski definition) is 5. The highest BCUT2D eigenvalue weighted by molar-refractivity contribution is 7.91. The van der Waals surface area contributed by atoms with Crippen molar-refractivity contribution in [2.24, 2.45) is 0 Å². The molecule has 6 nitrogen and oxygen atoms in total. The van der Waals surface area contributed by atoms with Crippen molar-refractivity contribution in [2.45, 2.75) is 35.8 Å². The molecule has 0 N–H and O–H groups in total. The molecule has 1 saturated heterocycles. The van der Waals surface area contributed by atoms with Gasteiger partial charge in [-0.25, -0.2) is 16.8 Å². The van der Waals surface area contributed by atoms with E-state index in [1.165, 1.54) is 28.6 Å². The summed E-state index contributed by atoms with van der Waals surface area (Å²) in [4.78, 5) is -0.00958. The highest BCUT2D eigenvalue weighted by atomic mass is 32.2. The molecule has 1 aromatic carbocycles. The lowest BCUT2D eigenvalue weighted by Gasteiger charge is -2.34. The summed E-state index contributed by atoms with van der Waals surface area (Å²) in [6.07, 6.45) is 0.667. The number of morpholine rings is 1. The number of nitrogens with zero attached hydrogens (tertiary/aromatic N) is 1. The minimum absolute atomic E-state index is 0.00192. The lowest BCUT2D eigenvalue weighted by molar-refractivity contribution is -0.0440. The topological polar surface area (TPSA) is 80.8 Å². The van der Waals surface area contributed by atoms with Gasteiger partial charge in [-0.15, -0.1) is 0 Å². The molecule has 0 radical (unpaired) electrons. The average Bonchev–Trinajstić information content (AvgIpc) is 2.36. The zero-order chi connectivity index (χ0) is 15.8. The van der Waals surface area contributed by atoms with Crippen molar-refractivity contribution in [3.8, 4) is 0 Å². The van der Waals surface area contributed by atoms with Crippen LogP contribution in [0.4, 0.5) is 0 Å². The lowest BCUT2D eigenvalue weighted by atomic mass is 10.3. The number of rotatable bonds is 3. The van der Waals surface area contributed by atoms with Gasteiger partial charge in [0.05, 0.1) is 22.0 Å². The van der Waals surface area contributed by atoms with Gasteiger partial charge in [-0.2, -0.15) is 4.31 Å². The van der Waals surface area contributed by atoms with Gasteiger partial charge in [0.2, 0.25) is 10.0 Å². The molecule has 118 valence electrons. The number of ether oxygens (including phenoxy) is 1. The second-order valence-corrected chi connectivity index (χ2v) is 9.28. The van der Waals surface area contributed by atoms with E-state index in [-0.39, 0.29) is 35.1 Å². The summed E-state index contributed by atoms with van der Waals surface area (Å²) in [5, 5.41) is 0. The Kier molecular flexibility index (Phi) is 4.44. The molecule has 0 saturated carbocycles. The van der Waals surface area contributed by atoms with E-state index in [0.29, 0.717) is 0 Å². The fourth-order valence-corrected chi connectivity index (χ4v) is 4.72. The van der Waals surface area contributed by atoms with Crippen molar-refractivity contribution in [3.05, 3.63) is 24.3 Å². The fourth-order valence-electron chi connectivity index (χ4n) is 2.34. The van der Waals surface area contributed by atoms with Crippen LogP contribution in [0.5, 0.6) is 0 Å². The second-order valence-electron chi connectivity index (χ2n) is 5.33. The molecular formula is C13H19NO5S2. The van der Waals surface area contributed by atoms with Gasteiger partial charge in [0.25, 0.3) is 0 Å². The Morgan fingerprint density at radius 1 is 1.05 bits per heavy atom. The predicted octanol–water partition coefficient (Wildman–Crippen LogP) is 0.888. The van der Waals surface area contributed by atoms with E-state index < -0.39 is 19.9 Å². The minimum Gasteiger partial charge on any atom is -0.373 e. The molecule has 1 aromatic rings. The molecule has 0 spiro atoms. The van der Waals surface area contributed by atoms with Crippen molar-refractivity contribution >= 4 is 19.9 Å². The molecule has 1 aliphatic heterocycles. The van der Waals surface area contributed by atoms with Crippen molar-refractivity contribution in [3.63, 3.8) is 0 Å². The van der Waals surface area contributed by atoms with Gasteiger partial charge >= 0.3 is 0 Å². The first kappa shape index (κ1) is 16.4. The maximum absolute atomic E-state index is 12.6. The SMILES string of the molecule is C[C@@H]1CN(S(=O)(=O)c2cccc(S(C)(=O)=O)c2)C[C@@H](C)O1. The van der Waals surface area contributed by atoms with E-state index in [2.05, 4.69) is 0 Å². The Hall–Kier alpha value is -0.960. The van der Waals surface area contributed by atoms with Gasteiger partial charge in [0, 0.05) is 19.3 Å². The third-order valence-corrected chi connectivity index (χ3v) is 6.20. The molecule has 0 unspecified atom stereocenters. The van der Waals surface area contributed by atoms with Crippen molar-refractivity contribution < 1.29 is 21.6 Å². The monoisotopic (exact) mass is 333 g/mol. The highest BCUT2D eigenvalue weighted by Gasteiger charge is 2.32. The van der Waals surface area contributed by atoms with Gasteiger partial charge in [-0.05, 0) is 32.0 Å². The van der Waals surface area contributed by atoms with Crippen LogP contribution in [0, 0.1) is 0 Å². The van der Waals surface area contributed by atoms with Crippen LogP contribution in [0.3, 0.4) is 0 Å². The smallest absolute Gasteiger partial charge is 0.243 e. The Labute approximate surface area is 125 Å². The Morgan fingerprint density at radius 2 is 1.57 bits per heavy atom. The first-order valence-corrected chi connectivity index (χ1v) is 9.89. The normalized spacial score (nSPS) is 24.9. The first-order valence-electron chi connectivity index (χ1n) is 6.56. The molecular weight excluding hydrogens is 314 g/mol. The van der Waals surface area contributed by atoms with E-state index in [0.717, 1.165) is 6.26 Å². The zero-order valence-electron chi connectivity index (χ0n) is 12.2. The summed E-state index contributed by atoms with van der Waals surface area (Å²) < 4.78 is 55.3. The molecule has 2 atom stereocenters. The molecule has 0 amide bonds. The first-order chi connectivity index (χ1) is 9.60. The van der Waals surface area contributed by atoms with Crippen LogP contribution < -0.4 is 0 Å². The molecule has 8 heteroatoms. The lowest BCUT2D eigenvalue weighted by Crippen LogP contribution is -2.48. The summed E-state index contributed by atoms with van der Waals surface area (Å²) in [6.45, 7) is 4.14. The zero-order valence-corrected chi connectivity index (χ0v) is 13.8. The van der Waals surface area contributed by atoms with Crippen LogP contribution in [-0.4, -0.2) is 52.7 Å². The summed E-state index contributed by atoms with van der Waals surface area (Å²) >= 11 is 0. The largest absolute Gasteiger partial charge is 0.373 e. The van der Waals surface area contributed by atoms with Crippen LogP contribution >= 0.6 is 0 Å². The number of benzene rings is 1. The summed E-state index contributed by atoms with van der Waals surface area (Å²) in [6, 6.07) is 5.44. The summed E-state index contributed by atoms with van der Waals surface area (Å²) in [7, 11) is -7.17. The summed E-state index contributed by atoms with van der Waals surface area (Å²) in [5.41, 5.74) is 0. The van der Waals surface area contributed by atoms with Crippen molar-refractivity contribution in [1.29, 1.82) is 0 Å². The molecule has 21 heavy (non-hydrogen) atoms. The number of hydrogen-bond donors (Lipinski definition) is 0. The minimum atomic E-state index is -3.72. The molecule has 0 aromatic heterocycles. The van der Waals surface area contributed by atoms with Crippen LogP contribution in [0.1, 0.15) is 13.8 Å². The second kappa shape index (κ2) is 5.68. The van der Waals surface area contributed by atoms with E-state index >= 15 is 0 Å². The van der Waals surface area contributed by atoms with Gasteiger partial charge in [-0.1, -0.05) is 6.07 Å². The van der Waals surface area contributed by atoms with Gasteiger partial charge in [-0.3, -0.25) is 0 Å². The van der Waals surface area contributed by atoms with E-state index in [1.54, 1.807) is 0 Å². The van der Waals surface area contributed by atoms with Crippen LogP contribution in [0.15, 0.2) is 34.1 Å². The van der Waals surface area contributed by atoms with E-state index in [1.807, 2.05) is 13.8 Å². The fraction of sp³-hybridized carbons (Fsp3) is 0.538. The number of sulfone groups is 1. The van der Waals surface area contributed by atoms with Crippen molar-refractivity contribution in [1.82, 2.24) is 4.31 Å². The molecule has 1 fully saturated rings. The third kappa shape index (κ3) is 3.63. The molecule has 1 aliphatic rings. The van der Waals surface area contributed by atoms with Crippen LogP contribution in [-0.2, 0) is 24.6 Å². The number of sulfonamides is 1. The summed E-state index contributed by atoms with van der Waals surface area (Å²) in [5.74, 6) is 0.